The number of alkyl halides is 1. The van der Waals surface area contributed by atoms with Crippen LogP contribution >= 0.6 is 12.2 Å². The molecule has 1 aromatic rings. The molecule has 1 aliphatic heterocycles. The fourth-order valence-corrected chi connectivity index (χ4v) is 2.74. The van der Waals surface area contributed by atoms with Crippen LogP contribution in [0.3, 0.4) is 0 Å². The third kappa shape index (κ3) is 2.26. The molecule has 106 valence electrons. The molecule has 1 aromatic heterocycles. The minimum atomic E-state index is -1.00. The molecule has 2 heterocycles. The van der Waals surface area contributed by atoms with Gasteiger partial charge >= 0.3 is 0 Å². The van der Waals surface area contributed by atoms with Crippen molar-refractivity contribution in [1.82, 2.24) is 9.55 Å². The third-order valence-corrected chi connectivity index (χ3v) is 4.25. The van der Waals surface area contributed by atoms with Crippen molar-refractivity contribution >= 4 is 12.2 Å². The largest absolute Gasteiger partial charge is 0.388 e. The first-order chi connectivity index (χ1) is 8.95. The van der Waals surface area contributed by atoms with Gasteiger partial charge in [0, 0.05) is 18.2 Å². The topological polar surface area (TPSA) is 67.2 Å². The van der Waals surface area contributed by atoms with Crippen LogP contribution in [0.25, 0.3) is 0 Å². The van der Waals surface area contributed by atoms with Gasteiger partial charge in [-0.3, -0.25) is 14.3 Å². The SMILES string of the molecule is CC[C@@]1(CF)O[C@@H](n2ccc(=O)[nH]c2=S)[C@H](O)C1C. The van der Waals surface area contributed by atoms with Gasteiger partial charge in [0.05, 0.1) is 0 Å². The van der Waals surface area contributed by atoms with Crippen LogP contribution in [0.2, 0.25) is 0 Å². The van der Waals surface area contributed by atoms with E-state index in [2.05, 4.69) is 4.98 Å². The Morgan fingerprint density at radius 3 is 2.84 bits per heavy atom. The van der Waals surface area contributed by atoms with Crippen molar-refractivity contribution in [2.24, 2.45) is 5.92 Å². The summed E-state index contributed by atoms with van der Waals surface area (Å²) in [7, 11) is 0. The van der Waals surface area contributed by atoms with E-state index in [1.807, 2.05) is 6.92 Å². The number of nitrogens with zero attached hydrogens (tertiary/aromatic N) is 1. The summed E-state index contributed by atoms with van der Waals surface area (Å²) in [5.41, 5.74) is -1.33. The maximum absolute atomic E-state index is 13.3. The van der Waals surface area contributed by atoms with E-state index in [-0.39, 0.29) is 16.2 Å². The number of aliphatic hydroxyl groups is 1. The number of hydrogen-bond acceptors (Lipinski definition) is 4. The number of hydrogen-bond donors (Lipinski definition) is 2. The van der Waals surface area contributed by atoms with E-state index >= 15 is 0 Å². The van der Waals surface area contributed by atoms with Crippen molar-refractivity contribution in [3.8, 4) is 0 Å². The molecule has 7 heteroatoms. The van der Waals surface area contributed by atoms with Crippen LogP contribution < -0.4 is 5.56 Å². The Kier molecular flexibility index (Phi) is 3.89. The fourth-order valence-electron chi connectivity index (χ4n) is 2.48. The van der Waals surface area contributed by atoms with Crippen molar-refractivity contribution < 1.29 is 14.2 Å². The molecule has 1 saturated heterocycles. The standard InChI is InChI=1S/C12H17FN2O3S/c1-3-12(6-13)7(2)9(17)10(18-12)15-5-4-8(16)14-11(15)19/h4-5,7,9-10,17H,3,6H2,1-2H3,(H,14,16,19)/t7?,9-,10-,12+/m1/s1. The van der Waals surface area contributed by atoms with Gasteiger partial charge in [-0.05, 0) is 18.6 Å². The number of aliphatic hydroxyl groups excluding tert-OH is 1. The van der Waals surface area contributed by atoms with E-state index in [4.69, 9.17) is 17.0 Å². The van der Waals surface area contributed by atoms with Crippen LogP contribution in [0.15, 0.2) is 17.1 Å². The lowest BCUT2D eigenvalue weighted by Gasteiger charge is -2.28. The van der Waals surface area contributed by atoms with E-state index in [0.717, 1.165) is 0 Å². The van der Waals surface area contributed by atoms with Crippen LogP contribution in [0.1, 0.15) is 26.5 Å². The second-order valence-electron chi connectivity index (χ2n) is 4.86. The highest BCUT2D eigenvalue weighted by Crippen LogP contribution is 2.43. The van der Waals surface area contributed by atoms with Crippen LogP contribution in [-0.4, -0.2) is 33.0 Å². The van der Waals surface area contributed by atoms with Crippen LogP contribution in [0, 0.1) is 10.7 Å². The number of aromatic nitrogens is 2. The van der Waals surface area contributed by atoms with Gasteiger partial charge < -0.3 is 9.84 Å². The zero-order valence-corrected chi connectivity index (χ0v) is 11.6. The molecule has 2 rings (SSSR count). The van der Waals surface area contributed by atoms with Gasteiger partial charge in [0.25, 0.3) is 5.56 Å². The van der Waals surface area contributed by atoms with Crippen LogP contribution in [0.4, 0.5) is 4.39 Å². The minimum absolute atomic E-state index is 0.148. The van der Waals surface area contributed by atoms with E-state index in [1.54, 1.807) is 6.92 Å². The summed E-state index contributed by atoms with van der Waals surface area (Å²) in [6.07, 6.45) is 0.240. The lowest BCUT2D eigenvalue weighted by Crippen LogP contribution is -2.38. The molecule has 1 fully saturated rings. The predicted molar refractivity (Wildman–Crippen MR) is 70.2 cm³/mol. The number of aromatic amines is 1. The Hall–Kier alpha value is -1.05. The molecule has 0 aliphatic carbocycles. The molecule has 0 aromatic carbocycles. The molecule has 5 nitrogen and oxygen atoms in total. The Balaban J connectivity index is 2.42. The van der Waals surface area contributed by atoms with Crippen molar-refractivity contribution in [2.45, 2.75) is 38.2 Å². The van der Waals surface area contributed by atoms with Gasteiger partial charge in [0.2, 0.25) is 0 Å². The Morgan fingerprint density at radius 2 is 2.37 bits per heavy atom. The van der Waals surface area contributed by atoms with Gasteiger partial charge in [-0.1, -0.05) is 13.8 Å². The Labute approximate surface area is 115 Å². The Morgan fingerprint density at radius 1 is 1.68 bits per heavy atom. The smallest absolute Gasteiger partial charge is 0.251 e. The van der Waals surface area contributed by atoms with E-state index < -0.39 is 24.6 Å². The lowest BCUT2D eigenvalue weighted by atomic mass is 9.86. The van der Waals surface area contributed by atoms with Crippen molar-refractivity contribution in [3.63, 3.8) is 0 Å². The zero-order valence-electron chi connectivity index (χ0n) is 10.8. The maximum atomic E-state index is 13.3. The molecule has 0 bridgehead atoms. The molecule has 2 N–H and O–H groups in total. The highest BCUT2D eigenvalue weighted by Gasteiger charge is 2.52. The van der Waals surface area contributed by atoms with Gasteiger partial charge in [-0.2, -0.15) is 0 Å². The number of halogens is 1. The summed E-state index contributed by atoms with van der Waals surface area (Å²) in [6, 6.07) is 1.29. The molecule has 1 unspecified atom stereocenters. The van der Waals surface area contributed by atoms with Gasteiger partial charge in [-0.15, -0.1) is 0 Å². The molecule has 0 amide bonds. The summed E-state index contributed by atoms with van der Waals surface area (Å²) in [4.78, 5) is 13.6. The highest BCUT2D eigenvalue weighted by molar-refractivity contribution is 7.71. The van der Waals surface area contributed by atoms with Gasteiger partial charge in [-0.25, -0.2) is 4.39 Å². The zero-order chi connectivity index (χ0) is 14.2. The quantitative estimate of drug-likeness (QED) is 0.828. The molecule has 19 heavy (non-hydrogen) atoms. The molecular weight excluding hydrogens is 271 g/mol. The fraction of sp³-hybridized carbons (Fsp3) is 0.667. The van der Waals surface area contributed by atoms with Gasteiger partial charge in [0.1, 0.15) is 18.4 Å². The van der Waals surface area contributed by atoms with E-state index in [0.29, 0.717) is 6.42 Å². The maximum Gasteiger partial charge on any atom is 0.251 e. The summed E-state index contributed by atoms with van der Waals surface area (Å²) in [5, 5.41) is 10.3. The molecule has 1 aliphatic rings. The predicted octanol–water partition coefficient (Wildman–Crippen LogP) is 1.55. The first kappa shape index (κ1) is 14.4. The van der Waals surface area contributed by atoms with E-state index in [9.17, 15) is 14.3 Å². The Bertz CT molecular complexity index is 567. The van der Waals surface area contributed by atoms with Crippen molar-refractivity contribution in [1.29, 1.82) is 0 Å². The van der Waals surface area contributed by atoms with Gasteiger partial charge in [0.15, 0.2) is 11.0 Å². The summed E-state index contributed by atoms with van der Waals surface area (Å²) in [6.45, 7) is 2.90. The van der Waals surface area contributed by atoms with Crippen molar-refractivity contribution in [2.75, 3.05) is 6.67 Å². The van der Waals surface area contributed by atoms with E-state index in [1.165, 1.54) is 16.8 Å². The highest BCUT2D eigenvalue weighted by atomic mass is 32.1. The van der Waals surface area contributed by atoms with Crippen LogP contribution in [-0.2, 0) is 4.74 Å². The van der Waals surface area contributed by atoms with Crippen LogP contribution in [0.5, 0.6) is 0 Å². The normalized spacial score (nSPS) is 34.6. The number of nitrogens with one attached hydrogen (secondary N) is 1. The van der Waals surface area contributed by atoms with Crippen molar-refractivity contribution in [3.05, 3.63) is 27.4 Å². The third-order valence-electron chi connectivity index (χ3n) is 3.94. The summed E-state index contributed by atoms with van der Waals surface area (Å²) >= 11 is 5.04. The first-order valence-corrected chi connectivity index (χ1v) is 6.59. The lowest BCUT2D eigenvalue weighted by molar-refractivity contribution is -0.105. The number of rotatable bonds is 3. The number of H-pyrrole nitrogens is 1. The monoisotopic (exact) mass is 288 g/mol. The minimum Gasteiger partial charge on any atom is -0.388 e. The first-order valence-electron chi connectivity index (χ1n) is 6.18. The molecular formula is C12H17FN2O3S. The summed E-state index contributed by atoms with van der Waals surface area (Å²) in [5.74, 6) is -0.360. The second-order valence-corrected chi connectivity index (χ2v) is 5.24. The summed E-state index contributed by atoms with van der Waals surface area (Å²) < 4.78 is 20.6. The molecule has 0 saturated carbocycles. The second kappa shape index (κ2) is 5.15. The average molecular weight is 288 g/mol. The molecule has 0 radical (unpaired) electrons. The average Bonchev–Trinajstić information content (AvgIpc) is 2.64. The molecule has 0 spiro atoms. The molecule has 4 atom stereocenters. The number of ether oxygens (including phenoxy) is 1.